The summed E-state index contributed by atoms with van der Waals surface area (Å²) in [6.45, 7) is 4.62. The third-order valence-electron chi connectivity index (χ3n) is 6.44. The van der Waals surface area contributed by atoms with Crippen LogP contribution in [0.3, 0.4) is 0 Å². The summed E-state index contributed by atoms with van der Waals surface area (Å²) in [6, 6.07) is 4.11. The largest absolute Gasteiger partial charge is 0.246 e. The highest BCUT2D eigenvalue weighted by atomic mass is 14.7. The van der Waals surface area contributed by atoms with Gasteiger partial charge in [0.05, 0.1) is 0 Å². The molecule has 0 saturated heterocycles. The van der Waals surface area contributed by atoms with Crippen molar-refractivity contribution in [3.63, 3.8) is 0 Å². The van der Waals surface area contributed by atoms with E-state index in [0.29, 0.717) is 11.8 Å². The lowest BCUT2D eigenvalue weighted by molar-refractivity contribution is 0.309. The smallest absolute Gasteiger partial charge is 0.113 e. The minimum absolute atomic E-state index is 0.567. The molecule has 0 aliphatic heterocycles. The van der Waals surface area contributed by atoms with Crippen LogP contribution in [-0.4, -0.2) is 4.98 Å². The average molecular weight is 348 g/mol. The zero-order chi connectivity index (χ0) is 18.2. The molecule has 138 valence electrons. The van der Waals surface area contributed by atoms with Gasteiger partial charge in [-0.3, -0.25) is 0 Å². The fourth-order valence-electron chi connectivity index (χ4n) is 4.33. The summed E-state index contributed by atoms with van der Waals surface area (Å²) in [7, 11) is 0. The van der Waals surface area contributed by atoms with Crippen LogP contribution in [0.4, 0.5) is 0 Å². The Morgan fingerprint density at radius 1 is 0.769 bits per heavy atom. The van der Waals surface area contributed by atoms with Gasteiger partial charge in [0.1, 0.15) is 5.69 Å². The molecule has 26 heavy (non-hydrogen) atoms. The first-order valence-electron chi connectivity index (χ1n) is 10.8. The Morgan fingerprint density at radius 3 is 1.77 bits per heavy atom. The first-order chi connectivity index (χ1) is 12.8. The summed E-state index contributed by atoms with van der Waals surface area (Å²) in [6.07, 6.45) is 15.0. The Morgan fingerprint density at radius 2 is 1.31 bits per heavy atom. The molecule has 2 aliphatic carbocycles. The SMILES string of the molecule is CCC1CCC(C#Cc2ccc(C#CC3CCC(CC)CC3)nc2)CC1. The second-order valence-corrected chi connectivity index (χ2v) is 8.22. The van der Waals surface area contributed by atoms with Gasteiger partial charge in [-0.25, -0.2) is 4.98 Å². The number of pyridine rings is 1. The summed E-state index contributed by atoms with van der Waals surface area (Å²) in [5.41, 5.74) is 1.91. The molecular formula is C25H33N. The maximum absolute atomic E-state index is 4.51. The lowest BCUT2D eigenvalue weighted by Gasteiger charge is -2.24. The second kappa shape index (κ2) is 9.83. The molecule has 1 aromatic heterocycles. The quantitative estimate of drug-likeness (QED) is 0.579. The fourth-order valence-corrected chi connectivity index (χ4v) is 4.33. The summed E-state index contributed by atoms with van der Waals surface area (Å²) in [5.74, 6) is 16.5. The van der Waals surface area contributed by atoms with Crippen molar-refractivity contribution in [2.24, 2.45) is 23.7 Å². The maximum Gasteiger partial charge on any atom is 0.113 e. The predicted octanol–water partition coefficient (Wildman–Crippen LogP) is 6.22. The van der Waals surface area contributed by atoms with E-state index in [1.165, 1.54) is 64.2 Å². The highest BCUT2D eigenvalue weighted by Gasteiger charge is 2.18. The van der Waals surface area contributed by atoms with Gasteiger partial charge in [-0.2, -0.15) is 0 Å². The molecule has 2 aliphatic rings. The van der Waals surface area contributed by atoms with E-state index >= 15 is 0 Å². The van der Waals surface area contributed by atoms with Crippen molar-refractivity contribution in [2.75, 3.05) is 0 Å². The zero-order valence-corrected chi connectivity index (χ0v) is 16.6. The molecule has 1 nitrogen and oxygen atoms in total. The van der Waals surface area contributed by atoms with Crippen LogP contribution in [0.2, 0.25) is 0 Å². The van der Waals surface area contributed by atoms with Gasteiger partial charge < -0.3 is 0 Å². The van der Waals surface area contributed by atoms with Gasteiger partial charge >= 0.3 is 0 Å². The fraction of sp³-hybridized carbons (Fsp3) is 0.640. The Labute approximate surface area is 160 Å². The van der Waals surface area contributed by atoms with Crippen LogP contribution in [0.25, 0.3) is 0 Å². The Balaban J connectivity index is 1.50. The van der Waals surface area contributed by atoms with Gasteiger partial charge in [0.25, 0.3) is 0 Å². The number of hydrogen-bond donors (Lipinski definition) is 0. The molecule has 2 fully saturated rings. The molecule has 0 amide bonds. The highest BCUT2D eigenvalue weighted by molar-refractivity contribution is 5.37. The minimum atomic E-state index is 0.567. The maximum atomic E-state index is 4.51. The molecule has 0 aromatic carbocycles. The van der Waals surface area contributed by atoms with E-state index in [9.17, 15) is 0 Å². The highest BCUT2D eigenvalue weighted by Crippen LogP contribution is 2.31. The van der Waals surface area contributed by atoms with Gasteiger partial charge in [0.2, 0.25) is 0 Å². The van der Waals surface area contributed by atoms with Crippen molar-refractivity contribution in [3.8, 4) is 23.7 Å². The number of aromatic nitrogens is 1. The van der Waals surface area contributed by atoms with Crippen LogP contribution < -0.4 is 0 Å². The number of rotatable bonds is 2. The van der Waals surface area contributed by atoms with E-state index in [-0.39, 0.29) is 0 Å². The van der Waals surface area contributed by atoms with Crippen molar-refractivity contribution in [1.29, 1.82) is 0 Å². The van der Waals surface area contributed by atoms with Gasteiger partial charge in [0, 0.05) is 23.6 Å². The van der Waals surface area contributed by atoms with Crippen molar-refractivity contribution >= 4 is 0 Å². The first-order valence-corrected chi connectivity index (χ1v) is 10.8. The summed E-state index contributed by atoms with van der Waals surface area (Å²) in [4.78, 5) is 4.51. The van der Waals surface area contributed by atoms with Crippen LogP contribution in [0.15, 0.2) is 18.3 Å². The van der Waals surface area contributed by atoms with E-state index < -0.39 is 0 Å². The van der Waals surface area contributed by atoms with E-state index in [0.717, 1.165) is 23.1 Å². The van der Waals surface area contributed by atoms with Crippen LogP contribution in [0.1, 0.15) is 89.3 Å². The third-order valence-corrected chi connectivity index (χ3v) is 6.44. The van der Waals surface area contributed by atoms with Gasteiger partial charge in [0.15, 0.2) is 0 Å². The van der Waals surface area contributed by atoms with Crippen LogP contribution in [0.5, 0.6) is 0 Å². The predicted molar refractivity (Wildman–Crippen MR) is 109 cm³/mol. The monoisotopic (exact) mass is 347 g/mol. The number of nitrogens with zero attached hydrogens (tertiary/aromatic N) is 1. The third kappa shape index (κ3) is 5.64. The summed E-state index contributed by atoms with van der Waals surface area (Å²) >= 11 is 0. The molecule has 1 heteroatoms. The average Bonchev–Trinajstić information content (AvgIpc) is 2.72. The minimum Gasteiger partial charge on any atom is -0.246 e. The lowest BCUT2D eigenvalue weighted by Crippen LogP contribution is -2.12. The van der Waals surface area contributed by atoms with Crippen molar-refractivity contribution in [2.45, 2.75) is 78.1 Å². The molecule has 0 bridgehead atoms. The molecular weight excluding hydrogens is 314 g/mol. The van der Waals surface area contributed by atoms with Crippen molar-refractivity contribution in [3.05, 3.63) is 29.6 Å². The molecule has 0 radical (unpaired) electrons. The molecule has 0 atom stereocenters. The Hall–Kier alpha value is -1.73. The van der Waals surface area contributed by atoms with E-state index in [4.69, 9.17) is 0 Å². The van der Waals surface area contributed by atoms with Crippen LogP contribution >= 0.6 is 0 Å². The summed E-state index contributed by atoms with van der Waals surface area (Å²) < 4.78 is 0. The van der Waals surface area contributed by atoms with Gasteiger partial charge in [-0.1, -0.05) is 44.5 Å². The Bertz CT molecular complexity index is 602. The molecule has 3 rings (SSSR count). The first kappa shape index (κ1) is 19.0. The number of hydrogen-bond acceptors (Lipinski definition) is 1. The topological polar surface area (TPSA) is 12.9 Å². The van der Waals surface area contributed by atoms with Crippen molar-refractivity contribution < 1.29 is 0 Å². The second-order valence-electron chi connectivity index (χ2n) is 8.22. The molecule has 0 N–H and O–H groups in total. The molecule has 1 aromatic rings. The molecule has 0 unspecified atom stereocenters. The standard InChI is InChI=1S/C25H33N/c1-3-20-5-9-22(10-6-20)13-14-24-16-18-25(26-19-24)17-15-23-11-7-21(4-2)8-12-23/h16,18-23H,3-12H2,1-2H3. The molecule has 1 heterocycles. The zero-order valence-electron chi connectivity index (χ0n) is 16.6. The summed E-state index contributed by atoms with van der Waals surface area (Å²) in [5, 5.41) is 0. The van der Waals surface area contributed by atoms with E-state index in [1.807, 2.05) is 12.3 Å². The van der Waals surface area contributed by atoms with Crippen LogP contribution in [0, 0.1) is 47.4 Å². The van der Waals surface area contributed by atoms with Crippen molar-refractivity contribution in [1.82, 2.24) is 4.98 Å². The van der Waals surface area contributed by atoms with Gasteiger partial charge in [-0.15, -0.1) is 0 Å². The lowest BCUT2D eigenvalue weighted by atomic mass is 9.81. The van der Waals surface area contributed by atoms with Gasteiger partial charge in [-0.05, 0) is 81.3 Å². The van der Waals surface area contributed by atoms with E-state index in [1.54, 1.807) is 0 Å². The van der Waals surface area contributed by atoms with Crippen LogP contribution in [-0.2, 0) is 0 Å². The normalized spacial score (nSPS) is 28.4. The molecule has 0 spiro atoms. The van der Waals surface area contributed by atoms with E-state index in [2.05, 4.69) is 48.6 Å². The molecule has 2 saturated carbocycles. The Kier molecular flexibility index (Phi) is 7.20.